The summed E-state index contributed by atoms with van der Waals surface area (Å²) in [6.45, 7) is 17.7. The number of hydrogen-bond acceptors (Lipinski definition) is 20. The molecule has 3 aromatic carbocycles. The molecule has 0 amide bonds. The highest BCUT2D eigenvalue weighted by atomic mass is 127. The van der Waals surface area contributed by atoms with Crippen molar-refractivity contribution in [2.24, 2.45) is 5.92 Å². The molecule has 422 valence electrons. The van der Waals surface area contributed by atoms with Crippen LogP contribution < -0.4 is 0 Å². The first kappa shape index (κ1) is 62.1. The van der Waals surface area contributed by atoms with E-state index in [0.29, 0.717) is 4.90 Å². The van der Waals surface area contributed by atoms with Gasteiger partial charge in [0.1, 0.15) is 30.3 Å². The topological polar surface area (TPSA) is 241 Å². The lowest BCUT2D eigenvalue weighted by Crippen LogP contribution is -2.66. The molecule has 0 radical (unpaired) electrons. The van der Waals surface area contributed by atoms with Crippen molar-refractivity contribution < 1.29 is 87.3 Å². The standard InChI is InChI=1S/C52H71IO19S3Si/c1-30(2)65-49(56)43-33(5)66-51(48(53)52(43,8)57)72-46-45(68-35(7)55)41(29-64-75(60,61)38-23-19-32(4)20-24-38)71-50(47(46)73-36-15-13-12-14-16-36)70-39-27-42(62-25-26-76(9,10)11)69-40(44(39)67-34(6)54)28-63-74(58,59)37-21-17-31(3)18-22-37/h12-24,30,33,39-48,50-51,57H,25-29H2,1-11H3/t33-,39+,40+,41+,42-,43+,44-,45+,46-,47+,48-,50+,51-,52+/m0/s1. The van der Waals surface area contributed by atoms with E-state index in [4.69, 9.17) is 51.0 Å². The van der Waals surface area contributed by atoms with Gasteiger partial charge in [-0.25, -0.2) is 0 Å². The van der Waals surface area contributed by atoms with Crippen LogP contribution in [0.4, 0.5) is 0 Å². The number of esters is 3. The summed E-state index contributed by atoms with van der Waals surface area (Å²) in [5.74, 6) is -3.42. The molecule has 0 saturated carbocycles. The van der Waals surface area contributed by atoms with Crippen molar-refractivity contribution >= 4 is 80.6 Å². The highest BCUT2D eigenvalue weighted by molar-refractivity contribution is 14.1. The van der Waals surface area contributed by atoms with Crippen LogP contribution in [0.2, 0.25) is 25.7 Å². The van der Waals surface area contributed by atoms with Crippen molar-refractivity contribution in [3.63, 3.8) is 0 Å². The third-order valence-electron chi connectivity index (χ3n) is 12.7. The number of halogens is 1. The average molecular weight is 1250 g/mol. The smallest absolute Gasteiger partial charge is 0.314 e. The molecule has 24 heteroatoms. The Kier molecular flexibility index (Phi) is 21.6. The Morgan fingerprint density at radius 2 is 1.29 bits per heavy atom. The predicted octanol–water partition coefficient (Wildman–Crippen LogP) is 7.27. The molecule has 0 spiro atoms. The Balaban J connectivity index is 1.46. The van der Waals surface area contributed by atoms with Gasteiger partial charge in [-0.05, 0) is 84.0 Å². The number of carbonyl (C=O) groups is 3. The molecule has 6 rings (SSSR count). The van der Waals surface area contributed by atoms with Gasteiger partial charge >= 0.3 is 17.9 Å². The van der Waals surface area contributed by atoms with E-state index in [-0.39, 0.29) is 22.8 Å². The molecule has 0 bridgehead atoms. The SMILES string of the molecule is CC(=O)O[C@@H]1[C@@H](COS(=O)(=O)c2ccc(C)cc2)O[C@H](OCC[Si](C)(C)C)C[C@H]1O[C@@H]1O[C@H](COS(=O)(=O)c2ccc(C)cc2)[C@@H](OC(C)=O)[C@H](O[C@@H]2O[C@@H](C)[C@H](C(=O)OC(C)C)[C@@](C)(O)[C@H]2I)[C@H]1Sc1ccccc1. The fourth-order valence-electron chi connectivity index (χ4n) is 8.80. The van der Waals surface area contributed by atoms with Crippen molar-refractivity contribution in [1.82, 2.24) is 0 Å². The van der Waals surface area contributed by atoms with E-state index in [1.165, 1.54) is 49.9 Å². The second kappa shape index (κ2) is 26.5. The number of carbonyl (C=O) groups excluding carboxylic acids is 3. The molecular weight excluding hydrogens is 1180 g/mol. The van der Waals surface area contributed by atoms with Gasteiger partial charge in [0.2, 0.25) is 0 Å². The van der Waals surface area contributed by atoms with Crippen molar-refractivity contribution in [1.29, 1.82) is 0 Å². The van der Waals surface area contributed by atoms with Gasteiger partial charge in [0.25, 0.3) is 20.2 Å². The fourth-order valence-corrected chi connectivity index (χ4v) is 13.3. The fraction of sp³-hybridized carbons (Fsp3) is 0.596. The van der Waals surface area contributed by atoms with Gasteiger partial charge in [-0.15, -0.1) is 11.8 Å². The van der Waals surface area contributed by atoms with Gasteiger partial charge < -0.3 is 47.7 Å². The second-order valence-electron chi connectivity index (χ2n) is 20.8. The minimum Gasteiger partial charge on any atom is -0.463 e. The van der Waals surface area contributed by atoms with Crippen LogP contribution in [0.5, 0.6) is 0 Å². The largest absolute Gasteiger partial charge is 0.463 e. The Morgan fingerprint density at radius 1 is 0.763 bits per heavy atom. The van der Waals surface area contributed by atoms with Gasteiger partial charge in [-0.3, -0.25) is 22.7 Å². The summed E-state index contributed by atoms with van der Waals surface area (Å²) in [7, 11) is -10.5. The van der Waals surface area contributed by atoms with Gasteiger partial charge in [0.05, 0.1) is 50.0 Å². The van der Waals surface area contributed by atoms with Crippen LogP contribution in [0.1, 0.15) is 59.1 Å². The molecule has 0 aliphatic carbocycles. The van der Waals surface area contributed by atoms with Crippen LogP contribution in [0.15, 0.2) is 93.5 Å². The maximum Gasteiger partial charge on any atom is 0.314 e. The number of aryl methyl sites for hydroxylation is 2. The Morgan fingerprint density at radius 3 is 1.80 bits per heavy atom. The molecule has 0 unspecified atom stereocenters. The van der Waals surface area contributed by atoms with Crippen molar-refractivity contribution in [3.8, 4) is 0 Å². The van der Waals surface area contributed by atoms with E-state index in [9.17, 15) is 36.3 Å². The Hall–Kier alpha value is -3.09. The summed E-state index contributed by atoms with van der Waals surface area (Å²) in [5, 5.41) is 11.1. The highest BCUT2D eigenvalue weighted by Gasteiger charge is 2.59. The third kappa shape index (κ3) is 16.7. The molecule has 1 N–H and O–H groups in total. The summed E-state index contributed by atoms with van der Waals surface area (Å²) in [5.41, 5.74) is -0.191. The van der Waals surface area contributed by atoms with Crippen molar-refractivity contribution in [2.45, 2.75) is 185 Å². The van der Waals surface area contributed by atoms with E-state index < -0.39 is 148 Å². The molecule has 3 heterocycles. The lowest BCUT2D eigenvalue weighted by atomic mass is 9.80. The summed E-state index contributed by atoms with van der Waals surface area (Å²) in [6.07, 6.45) is -13.8. The van der Waals surface area contributed by atoms with Gasteiger partial charge in [0, 0.05) is 39.8 Å². The van der Waals surface area contributed by atoms with Crippen molar-refractivity contribution in [2.75, 3.05) is 19.8 Å². The lowest BCUT2D eigenvalue weighted by molar-refractivity contribution is -0.330. The minimum atomic E-state index is -4.49. The molecule has 3 aromatic rings. The summed E-state index contributed by atoms with van der Waals surface area (Å²) in [4.78, 5) is 40.2. The predicted molar refractivity (Wildman–Crippen MR) is 289 cm³/mol. The molecule has 3 saturated heterocycles. The van der Waals surface area contributed by atoms with Crippen molar-refractivity contribution in [3.05, 3.63) is 90.0 Å². The first-order valence-corrected chi connectivity index (χ1v) is 33.6. The van der Waals surface area contributed by atoms with Crippen LogP contribution >= 0.6 is 34.4 Å². The number of ether oxygens (including phenoxy) is 9. The zero-order chi connectivity index (χ0) is 55.9. The molecule has 14 atom stereocenters. The Bertz CT molecular complexity index is 2640. The summed E-state index contributed by atoms with van der Waals surface area (Å²) >= 11 is 3.12. The summed E-state index contributed by atoms with van der Waals surface area (Å²) < 4.78 is 123. The zero-order valence-electron chi connectivity index (χ0n) is 44.5. The summed E-state index contributed by atoms with van der Waals surface area (Å²) in [6, 6.07) is 21.8. The number of alkyl halides is 1. The molecule has 0 aromatic heterocycles. The molecule has 76 heavy (non-hydrogen) atoms. The van der Waals surface area contributed by atoms with Gasteiger partial charge in [0.15, 0.2) is 31.1 Å². The Labute approximate surface area is 465 Å². The van der Waals surface area contributed by atoms with E-state index in [0.717, 1.165) is 24.1 Å². The van der Waals surface area contributed by atoms with Crippen LogP contribution in [-0.2, 0) is 85.6 Å². The van der Waals surface area contributed by atoms with Crippen LogP contribution in [-0.4, -0.2) is 150 Å². The average Bonchev–Trinajstić information content (AvgIpc) is 3.32. The number of hydrogen-bond donors (Lipinski definition) is 1. The zero-order valence-corrected chi connectivity index (χ0v) is 50.1. The van der Waals surface area contributed by atoms with Crippen LogP contribution in [0.25, 0.3) is 0 Å². The lowest BCUT2D eigenvalue weighted by Gasteiger charge is -2.51. The monoisotopic (exact) mass is 1250 g/mol. The van der Waals surface area contributed by atoms with Gasteiger partial charge in [-0.1, -0.05) is 95.8 Å². The maximum absolute atomic E-state index is 13.9. The second-order valence-corrected chi connectivity index (χ2v) is 32.2. The van der Waals surface area contributed by atoms with Crippen LogP contribution in [0.3, 0.4) is 0 Å². The molecule has 19 nitrogen and oxygen atoms in total. The molecule has 3 fully saturated rings. The molecule has 3 aliphatic heterocycles. The van der Waals surface area contributed by atoms with Gasteiger partial charge in [-0.2, -0.15) is 16.8 Å². The minimum absolute atomic E-state index is 0.106. The first-order valence-electron chi connectivity index (χ1n) is 25.0. The quantitative estimate of drug-likeness (QED) is 0.0260. The number of aliphatic hydroxyl groups is 1. The van der Waals surface area contributed by atoms with Crippen LogP contribution in [0, 0.1) is 19.8 Å². The normalized spacial score (nSPS) is 30.4. The number of rotatable bonds is 22. The first-order chi connectivity index (χ1) is 35.5. The maximum atomic E-state index is 13.9. The molecular formula is C52H71IO19S3Si. The number of benzene rings is 3. The van der Waals surface area contributed by atoms with E-state index in [2.05, 4.69) is 19.6 Å². The molecule has 3 aliphatic rings. The van der Waals surface area contributed by atoms with E-state index in [1.807, 2.05) is 35.6 Å². The highest BCUT2D eigenvalue weighted by Crippen LogP contribution is 2.45. The number of thioether (sulfide) groups is 1. The van der Waals surface area contributed by atoms with E-state index >= 15 is 0 Å². The third-order valence-corrected chi connectivity index (χ3v) is 20.1. The van der Waals surface area contributed by atoms with E-state index in [1.54, 1.807) is 76.2 Å².